The summed E-state index contributed by atoms with van der Waals surface area (Å²) in [6, 6.07) is 6.74. The zero-order chi connectivity index (χ0) is 15.1. The van der Waals surface area contributed by atoms with Gasteiger partial charge in [0.2, 0.25) is 0 Å². The molecule has 2 aromatic heterocycles. The smallest absolute Gasteiger partial charge is 0.137 e. The number of thiophene rings is 1. The van der Waals surface area contributed by atoms with E-state index in [1.165, 1.54) is 15.3 Å². The summed E-state index contributed by atoms with van der Waals surface area (Å²) in [6.07, 6.45) is 5.90. The van der Waals surface area contributed by atoms with Crippen molar-refractivity contribution in [1.82, 2.24) is 10.3 Å². The largest absolute Gasteiger partial charge is 0.492 e. The highest BCUT2D eigenvalue weighted by Gasteiger charge is 2.16. The number of ether oxygens (including phenoxy) is 1. The van der Waals surface area contributed by atoms with Gasteiger partial charge in [-0.05, 0) is 50.1 Å². The standard InChI is InChI=1S/C17H24N2OS/c1-4-9-19-17(16-8-7-15(5-2)21-16)13-10-14(20-6-3)12-18-11-13/h7-8,10-12,17,19H,4-6,9H2,1-3H3. The van der Waals surface area contributed by atoms with Crippen LogP contribution in [0.1, 0.15) is 48.6 Å². The van der Waals surface area contributed by atoms with Gasteiger partial charge in [-0.25, -0.2) is 0 Å². The Labute approximate surface area is 131 Å². The summed E-state index contributed by atoms with van der Waals surface area (Å²) >= 11 is 1.87. The van der Waals surface area contributed by atoms with E-state index in [1.807, 2.05) is 24.5 Å². The molecule has 0 aliphatic carbocycles. The van der Waals surface area contributed by atoms with E-state index in [9.17, 15) is 0 Å². The van der Waals surface area contributed by atoms with E-state index in [0.717, 1.165) is 25.1 Å². The van der Waals surface area contributed by atoms with Crippen molar-refractivity contribution < 1.29 is 4.74 Å². The van der Waals surface area contributed by atoms with Crippen molar-refractivity contribution in [3.05, 3.63) is 45.9 Å². The lowest BCUT2D eigenvalue weighted by atomic mass is 10.1. The van der Waals surface area contributed by atoms with Crippen molar-refractivity contribution in [2.24, 2.45) is 0 Å². The second-order valence-corrected chi connectivity index (χ2v) is 6.13. The minimum atomic E-state index is 0.197. The third kappa shape index (κ3) is 4.29. The first-order valence-corrected chi connectivity index (χ1v) is 8.49. The van der Waals surface area contributed by atoms with Crippen LogP contribution in [0.3, 0.4) is 0 Å². The Bertz CT molecular complexity index is 553. The number of nitrogens with one attached hydrogen (secondary N) is 1. The molecule has 2 heterocycles. The van der Waals surface area contributed by atoms with Gasteiger partial charge in [0.25, 0.3) is 0 Å². The predicted molar refractivity (Wildman–Crippen MR) is 89.2 cm³/mol. The molecule has 0 bridgehead atoms. The fraction of sp³-hybridized carbons (Fsp3) is 0.471. The molecule has 0 fully saturated rings. The molecule has 0 amide bonds. The molecule has 0 spiro atoms. The van der Waals surface area contributed by atoms with E-state index in [4.69, 9.17) is 4.74 Å². The predicted octanol–water partition coefficient (Wildman–Crippen LogP) is 4.19. The number of hydrogen-bond donors (Lipinski definition) is 1. The molecule has 0 saturated heterocycles. The Morgan fingerprint density at radius 1 is 1.24 bits per heavy atom. The zero-order valence-electron chi connectivity index (χ0n) is 13.1. The van der Waals surface area contributed by atoms with Gasteiger partial charge < -0.3 is 10.1 Å². The number of nitrogens with zero attached hydrogens (tertiary/aromatic N) is 1. The Kier molecular flexibility index (Phi) is 6.21. The van der Waals surface area contributed by atoms with Crippen LogP contribution < -0.4 is 10.1 Å². The summed E-state index contributed by atoms with van der Waals surface area (Å²) in [4.78, 5) is 7.09. The van der Waals surface area contributed by atoms with Crippen molar-refractivity contribution in [3.63, 3.8) is 0 Å². The Morgan fingerprint density at radius 3 is 2.76 bits per heavy atom. The molecule has 21 heavy (non-hydrogen) atoms. The van der Waals surface area contributed by atoms with Crippen molar-refractivity contribution in [2.75, 3.05) is 13.2 Å². The first-order chi connectivity index (χ1) is 10.3. The third-order valence-corrected chi connectivity index (χ3v) is 4.59. The van der Waals surface area contributed by atoms with Crippen molar-refractivity contribution in [1.29, 1.82) is 0 Å². The molecule has 1 unspecified atom stereocenters. The van der Waals surface area contributed by atoms with Gasteiger partial charge >= 0.3 is 0 Å². The average molecular weight is 304 g/mol. The maximum atomic E-state index is 5.58. The van der Waals surface area contributed by atoms with Crippen LogP contribution in [-0.4, -0.2) is 18.1 Å². The van der Waals surface area contributed by atoms with Gasteiger partial charge in [-0.15, -0.1) is 11.3 Å². The Balaban J connectivity index is 2.28. The van der Waals surface area contributed by atoms with Crippen molar-refractivity contribution in [2.45, 2.75) is 39.7 Å². The van der Waals surface area contributed by atoms with Gasteiger partial charge in [0, 0.05) is 16.0 Å². The van der Waals surface area contributed by atoms with Crippen LogP contribution in [0.15, 0.2) is 30.6 Å². The maximum absolute atomic E-state index is 5.58. The molecule has 3 nitrogen and oxygen atoms in total. The second-order valence-electron chi connectivity index (χ2n) is 4.93. The van der Waals surface area contributed by atoms with Gasteiger partial charge in [-0.3, -0.25) is 4.98 Å². The van der Waals surface area contributed by atoms with E-state index >= 15 is 0 Å². The van der Waals surface area contributed by atoms with Gasteiger partial charge in [-0.1, -0.05) is 13.8 Å². The highest BCUT2D eigenvalue weighted by atomic mass is 32.1. The lowest BCUT2D eigenvalue weighted by Crippen LogP contribution is -2.22. The van der Waals surface area contributed by atoms with Crippen LogP contribution >= 0.6 is 11.3 Å². The number of aromatic nitrogens is 1. The highest BCUT2D eigenvalue weighted by molar-refractivity contribution is 7.12. The SMILES string of the molecule is CCCNC(c1cncc(OCC)c1)c1ccc(CC)s1. The van der Waals surface area contributed by atoms with Crippen LogP contribution in [0, 0.1) is 0 Å². The van der Waals surface area contributed by atoms with Crippen LogP contribution in [0.4, 0.5) is 0 Å². The third-order valence-electron chi connectivity index (χ3n) is 3.29. The fourth-order valence-electron chi connectivity index (χ4n) is 2.25. The molecule has 0 saturated carbocycles. The normalized spacial score (nSPS) is 12.3. The van der Waals surface area contributed by atoms with Gasteiger partial charge in [0.15, 0.2) is 0 Å². The first-order valence-electron chi connectivity index (χ1n) is 7.68. The molecule has 1 N–H and O–H groups in total. The Morgan fingerprint density at radius 2 is 2.10 bits per heavy atom. The second kappa shape index (κ2) is 8.15. The van der Waals surface area contributed by atoms with Crippen molar-refractivity contribution >= 4 is 11.3 Å². The van der Waals surface area contributed by atoms with Crippen LogP contribution in [0.2, 0.25) is 0 Å². The first kappa shape index (κ1) is 16.0. The fourth-order valence-corrected chi connectivity index (χ4v) is 3.31. The summed E-state index contributed by atoms with van der Waals surface area (Å²) in [5.41, 5.74) is 1.17. The molecule has 114 valence electrons. The van der Waals surface area contributed by atoms with E-state index in [-0.39, 0.29) is 6.04 Å². The molecule has 4 heteroatoms. The molecule has 2 aromatic rings. The van der Waals surface area contributed by atoms with Gasteiger partial charge in [0.05, 0.1) is 18.8 Å². The van der Waals surface area contributed by atoms with Crippen LogP contribution in [0.25, 0.3) is 0 Å². The van der Waals surface area contributed by atoms with Crippen LogP contribution in [-0.2, 0) is 6.42 Å². The minimum absolute atomic E-state index is 0.197. The topological polar surface area (TPSA) is 34.2 Å². The van der Waals surface area contributed by atoms with Crippen LogP contribution in [0.5, 0.6) is 5.75 Å². The number of rotatable bonds is 8. The number of pyridine rings is 1. The minimum Gasteiger partial charge on any atom is -0.492 e. The summed E-state index contributed by atoms with van der Waals surface area (Å²) in [5, 5.41) is 3.62. The zero-order valence-corrected chi connectivity index (χ0v) is 13.9. The molecule has 1 atom stereocenters. The lowest BCUT2D eigenvalue weighted by molar-refractivity contribution is 0.338. The number of hydrogen-bond acceptors (Lipinski definition) is 4. The summed E-state index contributed by atoms with van der Waals surface area (Å²) < 4.78 is 5.58. The molecule has 2 rings (SSSR count). The molecule has 0 aliphatic rings. The lowest BCUT2D eigenvalue weighted by Gasteiger charge is -2.18. The molecule has 0 aromatic carbocycles. The molecular formula is C17H24N2OS. The van der Waals surface area contributed by atoms with Crippen molar-refractivity contribution in [3.8, 4) is 5.75 Å². The summed E-state index contributed by atoms with van der Waals surface area (Å²) in [6.45, 7) is 8.03. The van der Waals surface area contributed by atoms with E-state index in [0.29, 0.717) is 6.61 Å². The summed E-state index contributed by atoms with van der Waals surface area (Å²) in [7, 11) is 0. The average Bonchev–Trinajstić information content (AvgIpc) is 2.97. The van der Waals surface area contributed by atoms with E-state index < -0.39 is 0 Å². The maximum Gasteiger partial charge on any atom is 0.137 e. The van der Waals surface area contributed by atoms with E-state index in [1.54, 1.807) is 6.20 Å². The highest BCUT2D eigenvalue weighted by Crippen LogP contribution is 2.30. The van der Waals surface area contributed by atoms with E-state index in [2.05, 4.69) is 42.3 Å². The summed E-state index contributed by atoms with van der Waals surface area (Å²) in [5.74, 6) is 0.838. The number of aryl methyl sites for hydroxylation is 1. The molecule has 0 aliphatic heterocycles. The van der Waals surface area contributed by atoms with Gasteiger partial charge in [0.1, 0.15) is 5.75 Å². The quantitative estimate of drug-likeness (QED) is 0.794. The Hall–Kier alpha value is -1.39. The molecular weight excluding hydrogens is 280 g/mol. The monoisotopic (exact) mass is 304 g/mol. The van der Waals surface area contributed by atoms with Gasteiger partial charge in [-0.2, -0.15) is 0 Å². The molecule has 0 radical (unpaired) electrons.